The highest BCUT2D eigenvalue weighted by Crippen LogP contribution is 2.27. The first-order valence-electron chi connectivity index (χ1n) is 12.1. The molecule has 3 aromatic carbocycles. The Kier molecular flexibility index (Phi) is 8.64. The molecule has 0 aliphatic heterocycles. The summed E-state index contributed by atoms with van der Waals surface area (Å²) in [5, 5.41) is 27.8. The van der Waals surface area contributed by atoms with Crippen LogP contribution in [-0.4, -0.2) is 16.4 Å². The van der Waals surface area contributed by atoms with E-state index in [1.165, 1.54) is 0 Å². The van der Waals surface area contributed by atoms with Crippen LogP contribution in [0, 0.1) is 0 Å². The van der Waals surface area contributed by atoms with Crippen molar-refractivity contribution in [1.82, 2.24) is 0 Å². The Bertz CT molecular complexity index is 1490. The largest absolute Gasteiger partial charge is 0.392 e. The van der Waals surface area contributed by atoms with E-state index < -0.39 is 0 Å². The van der Waals surface area contributed by atoms with Crippen molar-refractivity contribution in [2.45, 2.75) is 20.1 Å². The highest BCUT2D eigenvalue weighted by atomic mass is 16.3. The van der Waals surface area contributed by atoms with Gasteiger partial charge in [-0.2, -0.15) is 5.10 Å². The highest BCUT2D eigenvalue weighted by Gasteiger charge is 2.12. The van der Waals surface area contributed by atoms with Crippen molar-refractivity contribution in [3.8, 4) is 0 Å². The van der Waals surface area contributed by atoms with Crippen LogP contribution < -0.4 is 15.4 Å². The van der Waals surface area contributed by atoms with Crippen molar-refractivity contribution in [3.63, 3.8) is 0 Å². The van der Waals surface area contributed by atoms with Crippen LogP contribution in [0.25, 0.3) is 17.4 Å². The molecule has 4 rings (SSSR count). The number of hydrogen-bond acceptors (Lipinski definition) is 4. The average Bonchev–Trinajstić information content (AvgIpc) is 2.95. The molecule has 0 radical (unpaired) electrons. The minimum atomic E-state index is -0.0197. The molecule has 4 heteroatoms. The number of aliphatic hydroxyl groups is 2. The van der Waals surface area contributed by atoms with E-state index in [9.17, 15) is 10.2 Å². The van der Waals surface area contributed by atoms with Gasteiger partial charge in [0.1, 0.15) is 0 Å². The second kappa shape index (κ2) is 12.5. The van der Waals surface area contributed by atoms with Gasteiger partial charge in [0.2, 0.25) is 0 Å². The summed E-state index contributed by atoms with van der Waals surface area (Å²) in [5.74, 6) is 0. The molecule has 0 unspecified atom stereocenters. The van der Waals surface area contributed by atoms with Crippen LogP contribution in [0.3, 0.4) is 0 Å². The summed E-state index contributed by atoms with van der Waals surface area (Å²) in [4.78, 5) is 0. The standard InChI is InChI=1S/C33H30N2O2/c1-3-5-8-27-9-7-11-33-31(10-6-4-2)28(16-21-32(27)33)22-34-35(29-17-12-25(23-36)13-18-29)30-19-14-26(24-37)15-20-30/h3-20,22,36-37H,2,23-24H2,1H3/b5-3-,10-6-,27-8-,34-22?. The summed E-state index contributed by atoms with van der Waals surface area (Å²) < 4.78 is 0. The zero-order valence-electron chi connectivity index (χ0n) is 20.9. The van der Waals surface area contributed by atoms with Gasteiger partial charge < -0.3 is 10.2 Å². The maximum absolute atomic E-state index is 9.46. The van der Waals surface area contributed by atoms with E-state index in [1.807, 2.05) is 97.1 Å². The summed E-state index contributed by atoms with van der Waals surface area (Å²) in [6, 6.07) is 21.5. The van der Waals surface area contributed by atoms with Crippen LogP contribution in [0.2, 0.25) is 0 Å². The molecule has 0 saturated carbocycles. The van der Waals surface area contributed by atoms with Gasteiger partial charge in [0, 0.05) is 10.8 Å². The number of hydrazone groups is 1. The van der Waals surface area contributed by atoms with E-state index in [2.05, 4.69) is 36.6 Å². The Morgan fingerprint density at radius 2 is 1.54 bits per heavy atom. The molecule has 0 amide bonds. The molecule has 0 aromatic heterocycles. The smallest absolute Gasteiger partial charge is 0.0681 e. The number of hydrogen-bond donors (Lipinski definition) is 2. The lowest BCUT2D eigenvalue weighted by atomic mass is 9.93. The number of aliphatic hydroxyl groups excluding tert-OH is 2. The summed E-state index contributed by atoms with van der Waals surface area (Å²) in [6.45, 7) is 5.80. The van der Waals surface area contributed by atoms with Gasteiger partial charge in [0.15, 0.2) is 0 Å². The third kappa shape index (κ3) is 6.03. The SMILES string of the molecule is C=C/C=C\C1=C(C=NN(c2ccc(CO)cc2)c2ccc(CO)cc2)C=C=c2c1ccc/c2=C/C=C\C. The third-order valence-electron chi connectivity index (χ3n) is 5.98. The van der Waals surface area contributed by atoms with Gasteiger partial charge in [0.05, 0.1) is 30.8 Å². The average molecular weight is 487 g/mol. The molecule has 0 heterocycles. The molecule has 0 bridgehead atoms. The van der Waals surface area contributed by atoms with Crippen LogP contribution in [0.5, 0.6) is 0 Å². The molecule has 2 N–H and O–H groups in total. The van der Waals surface area contributed by atoms with Crippen LogP contribution >= 0.6 is 0 Å². The van der Waals surface area contributed by atoms with Crippen molar-refractivity contribution in [1.29, 1.82) is 0 Å². The van der Waals surface area contributed by atoms with E-state index in [0.29, 0.717) is 0 Å². The Labute approximate surface area is 217 Å². The lowest BCUT2D eigenvalue weighted by molar-refractivity contribution is 0.281. The van der Waals surface area contributed by atoms with E-state index in [4.69, 9.17) is 5.10 Å². The molecule has 0 atom stereocenters. The Hall–Kier alpha value is -4.47. The van der Waals surface area contributed by atoms with Gasteiger partial charge >= 0.3 is 0 Å². The number of fused-ring (bicyclic) bond motifs is 1. The van der Waals surface area contributed by atoms with Crippen LogP contribution in [0.1, 0.15) is 23.6 Å². The maximum Gasteiger partial charge on any atom is 0.0681 e. The van der Waals surface area contributed by atoms with E-state index in [1.54, 1.807) is 6.08 Å². The lowest BCUT2D eigenvalue weighted by Gasteiger charge is -2.20. The number of anilines is 2. The van der Waals surface area contributed by atoms with E-state index in [0.717, 1.165) is 49.6 Å². The van der Waals surface area contributed by atoms with Crippen molar-refractivity contribution in [2.75, 3.05) is 5.01 Å². The molecule has 4 nitrogen and oxygen atoms in total. The van der Waals surface area contributed by atoms with Gasteiger partial charge in [-0.1, -0.05) is 85.5 Å². The minimum Gasteiger partial charge on any atom is -0.392 e. The zero-order valence-corrected chi connectivity index (χ0v) is 20.9. The molecule has 0 saturated heterocycles. The molecule has 37 heavy (non-hydrogen) atoms. The van der Waals surface area contributed by atoms with E-state index >= 15 is 0 Å². The van der Waals surface area contributed by atoms with Crippen molar-refractivity contribution in [3.05, 3.63) is 142 Å². The van der Waals surface area contributed by atoms with E-state index in [-0.39, 0.29) is 13.2 Å². The number of allylic oxidation sites excluding steroid dienone is 8. The monoisotopic (exact) mass is 486 g/mol. The fraction of sp³-hybridized carbons (Fsp3) is 0.0909. The van der Waals surface area contributed by atoms with Gasteiger partial charge in [-0.3, -0.25) is 0 Å². The molecular formula is C33H30N2O2. The van der Waals surface area contributed by atoms with Gasteiger partial charge in [-0.05, 0) is 64.7 Å². The summed E-state index contributed by atoms with van der Waals surface area (Å²) >= 11 is 0. The first kappa shape index (κ1) is 25.6. The molecule has 1 aliphatic rings. The first-order valence-corrected chi connectivity index (χ1v) is 12.1. The Morgan fingerprint density at radius 3 is 2.11 bits per heavy atom. The van der Waals surface area contributed by atoms with Crippen LogP contribution in [0.4, 0.5) is 11.4 Å². The van der Waals surface area contributed by atoms with Gasteiger partial charge in [0.25, 0.3) is 0 Å². The Morgan fingerprint density at radius 1 is 0.892 bits per heavy atom. The zero-order chi connectivity index (χ0) is 26.0. The molecule has 3 aromatic rings. The summed E-state index contributed by atoms with van der Waals surface area (Å²) in [7, 11) is 0. The quantitative estimate of drug-likeness (QED) is 0.245. The molecule has 184 valence electrons. The first-order chi connectivity index (χ1) is 18.2. The van der Waals surface area contributed by atoms with Crippen LogP contribution in [0.15, 0.2) is 120 Å². The number of rotatable bonds is 9. The fourth-order valence-corrected chi connectivity index (χ4v) is 4.02. The predicted octanol–water partition coefficient (Wildman–Crippen LogP) is 5.30. The summed E-state index contributed by atoms with van der Waals surface area (Å²) in [5.41, 5.74) is 9.83. The second-order valence-corrected chi connectivity index (χ2v) is 8.42. The van der Waals surface area contributed by atoms with Gasteiger partial charge in [-0.15, -0.1) is 5.73 Å². The minimum absolute atomic E-state index is 0.0197. The molecule has 0 fully saturated rings. The number of benzene rings is 3. The van der Waals surface area contributed by atoms with Crippen molar-refractivity contribution >= 4 is 35.0 Å². The maximum atomic E-state index is 9.46. The lowest BCUT2D eigenvalue weighted by Crippen LogP contribution is -2.28. The summed E-state index contributed by atoms with van der Waals surface area (Å²) in [6.07, 6.45) is 15.6. The number of nitrogens with zero attached hydrogens (tertiary/aromatic N) is 2. The predicted molar refractivity (Wildman–Crippen MR) is 155 cm³/mol. The molecule has 0 spiro atoms. The molecule has 1 aliphatic carbocycles. The van der Waals surface area contributed by atoms with Crippen molar-refractivity contribution < 1.29 is 10.2 Å². The second-order valence-electron chi connectivity index (χ2n) is 8.42. The third-order valence-corrected chi connectivity index (χ3v) is 5.98. The van der Waals surface area contributed by atoms with Crippen LogP contribution in [-0.2, 0) is 13.2 Å². The fourth-order valence-electron chi connectivity index (χ4n) is 4.02. The normalized spacial score (nSPS) is 13.5. The van der Waals surface area contributed by atoms with Crippen molar-refractivity contribution in [2.24, 2.45) is 5.10 Å². The van der Waals surface area contributed by atoms with Gasteiger partial charge in [-0.25, -0.2) is 5.01 Å². The molecular weight excluding hydrogens is 456 g/mol. The Balaban J connectivity index is 1.83. The topological polar surface area (TPSA) is 56.1 Å². The highest BCUT2D eigenvalue weighted by molar-refractivity contribution is 5.99.